The van der Waals surface area contributed by atoms with Crippen LogP contribution in [0.2, 0.25) is 0 Å². The SMILES string of the molecule is O=S(=O)([O-])CCCCCCCCCCCCF.[K+]. The first-order chi connectivity index (χ1) is 8.06. The Morgan fingerprint density at radius 2 is 1.06 bits per heavy atom. The number of rotatable bonds is 12. The van der Waals surface area contributed by atoms with E-state index in [1.807, 2.05) is 0 Å². The van der Waals surface area contributed by atoms with E-state index in [0.29, 0.717) is 12.8 Å². The van der Waals surface area contributed by atoms with Crippen LogP contribution in [0.1, 0.15) is 64.2 Å². The zero-order chi connectivity index (χ0) is 13.0. The van der Waals surface area contributed by atoms with Crippen molar-refractivity contribution >= 4 is 10.1 Å². The van der Waals surface area contributed by atoms with Gasteiger partial charge in [0.1, 0.15) is 0 Å². The average molecular weight is 306 g/mol. The number of halogens is 1. The molecule has 0 aromatic heterocycles. The molecule has 0 N–H and O–H groups in total. The molecule has 18 heavy (non-hydrogen) atoms. The van der Waals surface area contributed by atoms with Gasteiger partial charge in [0, 0.05) is 5.75 Å². The third kappa shape index (κ3) is 19.8. The smallest absolute Gasteiger partial charge is 0.748 e. The molecule has 0 saturated heterocycles. The molecule has 104 valence electrons. The number of hydrogen-bond donors (Lipinski definition) is 0. The van der Waals surface area contributed by atoms with Crippen molar-refractivity contribution in [2.75, 3.05) is 12.4 Å². The summed E-state index contributed by atoms with van der Waals surface area (Å²) < 4.78 is 42.7. The first-order valence-electron chi connectivity index (χ1n) is 6.56. The van der Waals surface area contributed by atoms with Gasteiger partial charge in [-0.05, 0) is 12.8 Å². The fourth-order valence-corrected chi connectivity index (χ4v) is 2.35. The number of hydrogen-bond acceptors (Lipinski definition) is 3. The molecule has 0 aromatic carbocycles. The molecule has 0 aliphatic rings. The molecule has 0 aliphatic carbocycles. The molecule has 3 nitrogen and oxygen atoms in total. The second-order valence-electron chi connectivity index (χ2n) is 4.49. The average Bonchev–Trinajstić information content (AvgIpc) is 2.24. The van der Waals surface area contributed by atoms with E-state index < -0.39 is 10.1 Å². The molecule has 0 saturated carbocycles. The second kappa shape index (κ2) is 14.9. The summed E-state index contributed by atoms with van der Waals surface area (Å²) in [5.74, 6) is -0.226. The molecule has 0 amide bonds. The van der Waals surface area contributed by atoms with Crippen LogP contribution in [0.15, 0.2) is 0 Å². The first kappa shape index (κ1) is 21.8. The molecular formula is C12H24FKO3S. The van der Waals surface area contributed by atoms with Crippen LogP contribution >= 0.6 is 0 Å². The van der Waals surface area contributed by atoms with Crippen molar-refractivity contribution in [2.45, 2.75) is 64.2 Å². The summed E-state index contributed by atoms with van der Waals surface area (Å²) >= 11 is 0. The number of unbranched alkanes of at least 4 members (excludes halogenated alkanes) is 9. The van der Waals surface area contributed by atoms with E-state index >= 15 is 0 Å². The summed E-state index contributed by atoms with van der Waals surface area (Å²) in [7, 11) is -4.01. The van der Waals surface area contributed by atoms with Gasteiger partial charge in [0.15, 0.2) is 0 Å². The molecule has 0 aromatic rings. The minimum atomic E-state index is -4.01. The zero-order valence-electron chi connectivity index (χ0n) is 11.5. The van der Waals surface area contributed by atoms with Crippen molar-refractivity contribution in [1.29, 1.82) is 0 Å². The minimum Gasteiger partial charge on any atom is -0.748 e. The molecule has 0 rings (SSSR count). The molecule has 0 spiro atoms. The molecule has 0 bridgehead atoms. The Labute approximate surface area is 153 Å². The van der Waals surface area contributed by atoms with Crippen LogP contribution in [0.4, 0.5) is 4.39 Å². The normalized spacial score (nSPS) is 11.2. The fourth-order valence-electron chi connectivity index (χ4n) is 1.79. The first-order valence-corrected chi connectivity index (χ1v) is 8.13. The second-order valence-corrected chi connectivity index (χ2v) is 6.01. The van der Waals surface area contributed by atoms with Gasteiger partial charge < -0.3 is 4.55 Å². The Hall–Kier alpha value is 1.48. The van der Waals surface area contributed by atoms with Crippen molar-refractivity contribution in [3.05, 3.63) is 0 Å². The van der Waals surface area contributed by atoms with E-state index in [9.17, 15) is 17.4 Å². The monoisotopic (exact) mass is 306 g/mol. The molecule has 0 aliphatic heterocycles. The molecule has 0 atom stereocenters. The maximum absolute atomic E-state index is 11.8. The minimum absolute atomic E-state index is 0. The van der Waals surface area contributed by atoms with Gasteiger partial charge in [0.25, 0.3) is 0 Å². The van der Waals surface area contributed by atoms with Gasteiger partial charge in [-0.1, -0.05) is 51.4 Å². The third-order valence-electron chi connectivity index (χ3n) is 2.78. The van der Waals surface area contributed by atoms with Crippen LogP contribution in [0, 0.1) is 0 Å². The maximum Gasteiger partial charge on any atom is 1.00 e. The van der Waals surface area contributed by atoms with Gasteiger partial charge in [-0.15, -0.1) is 0 Å². The van der Waals surface area contributed by atoms with E-state index in [1.165, 1.54) is 6.42 Å². The Balaban J connectivity index is 0. The molecule has 0 unspecified atom stereocenters. The van der Waals surface area contributed by atoms with Crippen LogP contribution in [-0.4, -0.2) is 25.4 Å². The summed E-state index contributed by atoms with van der Waals surface area (Å²) in [5, 5.41) is 0. The molecule has 0 radical (unpaired) electrons. The summed E-state index contributed by atoms with van der Waals surface area (Å²) in [4.78, 5) is 0. The van der Waals surface area contributed by atoms with E-state index in [-0.39, 0.29) is 63.8 Å². The van der Waals surface area contributed by atoms with Gasteiger partial charge in [-0.3, -0.25) is 4.39 Å². The van der Waals surface area contributed by atoms with Gasteiger partial charge in [-0.2, -0.15) is 0 Å². The summed E-state index contributed by atoms with van der Waals surface area (Å²) in [6.45, 7) is -0.206. The van der Waals surface area contributed by atoms with Crippen molar-refractivity contribution in [3.63, 3.8) is 0 Å². The Morgan fingerprint density at radius 3 is 1.39 bits per heavy atom. The van der Waals surface area contributed by atoms with Gasteiger partial charge in [-0.25, -0.2) is 8.42 Å². The summed E-state index contributed by atoms with van der Waals surface area (Å²) in [5.41, 5.74) is 0. The molecule has 0 heterocycles. The van der Waals surface area contributed by atoms with Crippen LogP contribution in [0.25, 0.3) is 0 Å². The molecule has 6 heteroatoms. The van der Waals surface area contributed by atoms with Gasteiger partial charge >= 0.3 is 51.4 Å². The summed E-state index contributed by atoms with van der Waals surface area (Å²) in [6, 6.07) is 0. The fraction of sp³-hybridized carbons (Fsp3) is 1.00. The van der Waals surface area contributed by atoms with Crippen molar-refractivity contribution in [3.8, 4) is 0 Å². The Bertz CT molecular complexity index is 258. The predicted octanol–water partition coefficient (Wildman–Crippen LogP) is 0.406. The van der Waals surface area contributed by atoms with Crippen LogP contribution < -0.4 is 51.4 Å². The Morgan fingerprint density at radius 1 is 0.722 bits per heavy atom. The van der Waals surface area contributed by atoms with E-state index in [1.54, 1.807) is 0 Å². The van der Waals surface area contributed by atoms with E-state index in [0.717, 1.165) is 44.9 Å². The van der Waals surface area contributed by atoms with Crippen LogP contribution in [0.3, 0.4) is 0 Å². The molecular weight excluding hydrogens is 282 g/mol. The van der Waals surface area contributed by atoms with Gasteiger partial charge in [0.2, 0.25) is 0 Å². The van der Waals surface area contributed by atoms with E-state index in [2.05, 4.69) is 0 Å². The van der Waals surface area contributed by atoms with Crippen LogP contribution in [-0.2, 0) is 10.1 Å². The standard InChI is InChI=1S/C12H25FO3S.K/c13-11-9-7-5-3-1-2-4-6-8-10-12-17(14,15)16;/h1-12H2,(H,14,15,16);/q;+1/p-1. The van der Waals surface area contributed by atoms with E-state index in [4.69, 9.17) is 0 Å². The maximum atomic E-state index is 11.8. The predicted molar refractivity (Wildman–Crippen MR) is 66.7 cm³/mol. The van der Waals surface area contributed by atoms with Crippen molar-refractivity contribution < 1.29 is 68.7 Å². The topological polar surface area (TPSA) is 57.2 Å². The van der Waals surface area contributed by atoms with Crippen molar-refractivity contribution in [2.24, 2.45) is 0 Å². The zero-order valence-corrected chi connectivity index (χ0v) is 15.4. The largest absolute Gasteiger partial charge is 1.00 e. The van der Waals surface area contributed by atoms with Crippen LogP contribution in [0.5, 0.6) is 0 Å². The summed E-state index contributed by atoms with van der Waals surface area (Å²) in [6.07, 6.45) is 9.67. The van der Waals surface area contributed by atoms with Gasteiger partial charge in [0.05, 0.1) is 16.8 Å². The third-order valence-corrected chi connectivity index (χ3v) is 3.57. The Kier molecular flexibility index (Phi) is 18.0. The number of alkyl halides is 1. The quantitative estimate of drug-likeness (QED) is 0.298. The molecule has 0 fully saturated rings. The van der Waals surface area contributed by atoms with Crippen molar-refractivity contribution in [1.82, 2.24) is 0 Å².